The smallest absolute Gasteiger partial charge is 0.306 e. The Hall–Kier alpha value is -3.15. The normalized spacial score (nSPS) is 20.3. The number of benzene rings is 2. The van der Waals surface area contributed by atoms with Gasteiger partial charge in [-0.1, -0.05) is 48.9 Å². The third-order valence-electron chi connectivity index (χ3n) is 5.89. The average molecular weight is 391 g/mol. The van der Waals surface area contributed by atoms with Gasteiger partial charge in [-0.3, -0.25) is 9.59 Å². The van der Waals surface area contributed by atoms with E-state index >= 15 is 0 Å². The van der Waals surface area contributed by atoms with Crippen molar-refractivity contribution in [2.24, 2.45) is 18.9 Å². The maximum atomic E-state index is 13.1. The van der Waals surface area contributed by atoms with Crippen LogP contribution in [0.2, 0.25) is 0 Å². The molecule has 0 radical (unpaired) electrons. The summed E-state index contributed by atoms with van der Waals surface area (Å²) in [7, 11) is 1.95. The van der Waals surface area contributed by atoms with Crippen molar-refractivity contribution in [2.45, 2.75) is 31.7 Å². The summed E-state index contributed by atoms with van der Waals surface area (Å²) in [5, 5.41) is 12.5. The second-order valence-electron chi connectivity index (χ2n) is 7.77. The Balaban J connectivity index is 1.66. The predicted octanol–water partition coefficient (Wildman–Crippen LogP) is 3.67. The largest absolute Gasteiger partial charge is 0.481 e. The van der Waals surface area contributed by atoms with E-state index in [9.17, 15) is 14.7 Å². The number of aliphatic carboxylic acids is 1. The van der Waals surface area contributed by atoms with Crippen LogP contribution in [0.3, 0.4) is 0 Å². The summed E-state index contributed by atoms with van der Waals surface area (Å²) in [6, 6.07) is 17.3. The molecule has 3 unspecified atom stereocenters. The summed E-state index contributed by atoms with van der Waals surface area (Å²) >= 11 is 0. The molecule has 4 rings (SSSR count). The first-order valence-corrected chi connectivity index (χ1v) is 10.0. The van der Waals surface area contributed by atoms with Gasteiger partial charge >= 0.3 is 5.97 Å². The third kappa shape index (κ3) is 3.88. The standard InChI is InChI=1S/C23H25N3O3/c1-26-19-13-6-5-12-18(19)24-21(26)20(15-8-3-2-4-9-15)25-22(27)16-10-7-11-17(14-16)23(28)29/h2-6,8-9,12-13,16-17,20H,7,10-11,14H2,1H3,(H,25,27)(H,28,29). The molecule has 2 aromatic carbocycles. The molecule has 1 heterocycles. The Morgan fingerprint density at radius 2 is 1.76 bits per heavy atom. The Kier molecular flexibility index (Phi) is 5.34. The number of rotatable bonds is 5. The molecule has 3 atom stereocenters. The lowest BCUT2D eigenvalue weighted by Crippen LogP contribution is -2.38. The van der Waals surface area contributed by atoms with Gasteiger partial charge in [-0.15, -0.1) is 0 Å². The minimum Gasteiger partial charge on any atom is -0.481 e. The van der Waals surface area contributed by atoms with Crippen molar-refractivity contribution in [3.8, 4) is 0 Å². The maximum absolute atomic E-state index is 13.1. The van der Waals surface area contributed by atoms with Crippen LogP contribution in [0.15, 0.2) is 54.6 Å². The number of hydrogen-bond donors (Lipinski definition) is 2. The van der Waals surface area contributed by atoms with Gasteiger partial charge in [0.25, 0.3) is 0 Å². The van der Waals surface area contributed by atoms with Gasteiger partial charge < -0.3 is 15.0 Å². The molecule has 6 nitrogen and oxygen atoms in total. The molecule has 0 bridgehead atoms. The van der Waals surface area contributed by atoms with E-state index in [2.05, 4.69) is 5.32 Å². The third-order valence-corrected chi connectivity index (χ3v) is 5.89. The number of fused-ring (bicyclic) bond motifs is 1. The Morgan fingerprint density at radius 1 is 1.07 bits per heavy atom. The molecule has 29 heavy (non-hydrogen) atoms. The number of nitrogens with zero attached hydrogens (tertiary/aromatic N) is 2. The lowest BCUT2D eigenvalue weighted by Gasteiger charge is -2.28. The van der Waals surface area contributed by atoms with Gasteiger partial charge in [-0.05, 0) is 37.0 Å². The molecule has 2 N–H and O–H groups in total. The fourth-order valence-electron chi connectivity index (χ4n) is 4.28. The van der Waals surface area contributed by atoms with Gasteiger partial charge in [0.2, 0.25) is 5.91 Å². The quantitative estimate of drug-likeness (QED) is 0.695. The van der Waals surface area contributed by atoms with E-state index in [4.69, 9.17) is 4.98 Å². The number of imidazole rings is 1. The molecule has 0 spiro atoms. The number of carbonyl (C=O) groups excluding carboxylic acids is 1. The summed E-state index contributed by atoms with van der Waals surface area (Å²) in [6.45, 7) is 0. The van der Waals surface area contributed by atoms with Crippen molar-refractivity contribution >= 4 is 22.9 Å². The highest BCUT2D eigenvalue weighted by atomic mass is 16.4. The first kappa shape index (κ1) is 19.2. The first-order chi connectivity index (χ1) is 14.0. The number of para-hydroxylation sites is 2. The van der Waals surface area contributed by atoms with Crippen LogP contribution in [-0.4, -0.2) is 26.5 Å². The van der Waals surface area contributed by atoms with Gasteiger partial charge in [-0.25, -0.2) is 4.98 Å². The Morgan fingerprint density at radius 3 is 2.48 bits per heavy atom. The maximum Gasteiger partial charge on any atom is 0.306 e. The highest BCUT2D eigenvalue weighted by Crippen LogP contribution is 2.31. The number of nitrogens with one attached hydrogen (secondary N) is 1. The van der Waals surface area contributed by atoms with Crippen molar-refractivity contribution in [3.05, 3.63) is 66.0 Å². The molecule has 0 saturated heterocycles. The zero-order valence-corrected chi connectivity index (χ0v) is 16.4. The van der Waals surface area contributed by atoms with E-state index < -0.39 is 17.9 Å². The summed E-state index contributed by atoms with van der Waals surface area (Å²) in [5.74, 6) is -0.873. The molecule has 3 aromatic rings. The molecule has 1 aliphatic carbocycles. The highest BCUT2D eigenvalue weighted by molar-refractivity contribution is 5.81. The lowest BCUT2D eigenvalue weighted by molar-refractivity contribution is -0.144. The second-order valence-corrected chi connectivity index (χ2v) is 7.77. The number of carbonyl (C=O) groups is 2. The molecule has 1 aromatic heterocycles. The van der Waals surface area contributed by atoms with Crippen LogP contribution < -0.4 is 5.32 Å². The number of amides is 1. The molecule has 1 amide bonds. The zero-order valence-electron chi connectivity index (χ0n) is 16.4. The molecule has 150 valence electrons. The number of hydrogen-bond acceptors (Lipinski definition) is 3. The van der Waals surface area contributed by atoms with Crippen molar-refractivity contribution in [1.82, 2.24) is 14.9 Å². The molecule has 1 saturated carbocycles. The Bertz CT molecular complexity index is 1030. The molecule has 1 aliphatic rings. The highest BCUT2D eigenvalue weighted by Gasteiger charge is 2.33. The number of carboxylic acids is 1. The Labute approximate surface area is 169 Å². The zero-order chi connectivity index (χ0) is 20.4. The van der Waals surface area contributed by atoms with Gasteiger partial charge in [0.05, 0.1) is 17.0 Å². The van der Waals surface area contributed by atoms with Crippen LogP contribution in [0.25, 0.3) is 11.0 Å². The monoisotopic (exact) mass is 391 g/mol. The summed E-state index contributed by atoms with van der Waals surface area (Å²) in [6.07, 6.45) is 2.52. The minimum absolute atomic E-state index is 0.100. The number of aromatic nitrogens is 2. The van der Waals surface area contributed by atoms with Crippen LogP contribution >= 0.6 is 0 Å². The van der Waals surface area contributed by atoms with Crippen molar-refractivity contribution in [2.75, 3.05) is 0 Å². The summed E-state index contributed by atoms with van der Waals surface area (Å²) < 4.78 is 2.01. The fraction of sp³-hybridized carbons (Fsp3) is 0.348. The second kappa shape index (κ2) is 8.07. The van der Waals surface area contributed by atoms with E-state index in [-0.39, 0.29) is 11.8 Å². The van der Waals surface area contributed by atoms with Gasteiger partial charge in [0.15, 0.2) is 0 Å². The first-order valence-electron chi connectivity index (χ1n) is 10.0. The van der Waals surface area contributed by atoms with Crippen LogP contribution in [0.4, 0.5) is 0 Å². The van der Waals surface area contributed by atoms with Crippen LogP contribution in [0.5, 0.6) is 0 Å². The van der Waals surface area contributed by atoms with E-state index in [1.807, 2.05) is 66.2 Å². The molecule has 6 heteroatoms. The average Bonchev–Trinajstić information content (AvgIpc) is 3.09. The van der Waals surface area contributed by atoms with Crippen LogP contribution in [0.1, 0.15) is 43.1 Å². The van der Waals surface area contributed by atoms with Gasteiger partial charge in [-0.2, -0.15) is 0 Å². The summed E-state index contributed by atoms with van der Waals surface area (Å²) in [5.41, 5.74) is 2.83. The van der Waals surface area contributed by atoms with Crippen molar-refractivity contribution in [1.29, 1.82) is 0 Å². The van der Waals surface area contributed by atoms with Gasteiger partial charge in [0.1, 0.15) is 11.9 Å². The molecular weight excluding hydrogens is 366 g/mol. The SMILES string of the molecule is Cn1c(C(NC(=O)C2CCCC(C(=O)O)C2)c2ccccc2)nc2ccccc21. The van der Waals surface area contributed by atoms with E-state index in [1.165, 1.54) is 0 Å². The van der Waals surface area contributed by atoms with E-state index in [0.717, 1.165) is 35.3 Å². The van der Waals surface area contributed by atoms with Crippen LogP contribution in [0, 0.1) is 11.8 Å². The molecule has 0 aliphatic heterocycles. The lowest BCUT2D eigenvalue weighted by atomic mass is 9.81. The van der Waals surface area contributed by atoms with E-state index in [0.29, 0.717) is 12.8 Å². The number of carboxylic acid groups (broad SMARTS) is 1. The van der Waals surface area contributed by atoms with E-state index in [1.54, 1.807) is 0 Å². The number of aryl methyl sites for hydroxylation is 1. The van der Waals surface area contributed by atoms with Crippen molar-refractivity contribution in [3.63, 3.8) is 0 Å². The topological polar surface area (TPSA) is 84.2 Å². The predicted molar refractivity (Wildman–Crippen MR) is 110 cm³/mol. The minimum atomic E-state index is -0.808. The molecule has 1 fully saturated rings. The van der Waals surface area contributed by atoms with Gasteiger partial charge in [0, 0.05) is 13.0 Å². The molecular formula is C23H25N3O3. The summed E-state index contributed by atoms with van der Waals surface area (Å²) in [4.78, 5) is 29.3. The van der Waals surface area contributed by atoms with Crippen molar-refractivity contribution < 1.29 is 14.7 Å². The fourth-order valence-corrected chi connectivity index (χ4v) is 4.28. The van der Waals surface area contributed by atoms with Crippen LogP contribution in [-0.2, 0) is 16.6 Å².